The first kappa shape index (κ1) is 15.1. The summed E-state index contributed by atoms with van der Waals surface area (Å²) in [5.41, 5.74) is 0. The molecule has 5 heteroatoms. The average molecular weight is 236 g/mol. The number of ether oxygens (including phenoxy) is 1. The highest BCUT2D eigenvalue weighted by Crippen LogP contribution is 2.06. The van der Waals surface area contributed by atoms with Crippen LogP contribution >= 0.6 is 0 Å². The quantitative estimate of drug-likeness (QED) is 0.437. The van der Waals surface area contributed by atoms with Crippen molar-refractivity contribution in [3.05, 3.63) is 0 Å². The third kappa shape index (κ3) is 10.3. The van der Waals surface area contributed by atoms with E-state index in [1.54, 1.807) is 0 Å². The van der Waals surface area contributed by atoms with Gasteiger partial charge in [0.2, 0.25) is 8.32 Å². The van der Waals surface area contributed by atoms with Crippen molar-refractivity contribution in [1.29, 1.82) is 0 Å². The molecule has 0 aromatic carbocycles. The van der Waals surface area contributed by atoms with Gasteiger partial charge in [-0.2, -0.15) is 0 Å². The van der Waals surface area contributed by atoms with E-state index in [4.69, 9.17) is 19.4 Å². The molecule has 0 atom stereocenters. The van der Waals surface area contributed by atoms with Crippen molar-refractivity contribution in [3.63, 3.8) is 0 Å². The van der Waals surface area contributed by atoms with Gasteiger partial charge < -0.3 is 19.4 Å². The topological polar surface area (TPSA) is 58.9 Å². The molecule has 0 aromatic heterocycles. The largest absolute Gasteiger partial charge is 0.415 e. The Labute approximate surface area is 93.3 Å². The van der Waals surface area contributed by atoms with E-state index in [1.165, 1.54) is 0 Å². The molecule has 0 saturated carbocycles. The lowest BCUT2D eigenvalue weighted by molar-refractivity contribution is 0.132. The Kier molecular flexibility index (Phi) is 9.33. The minimum Gasteiger partial charge on any atom is -0.415 e. The van der Waals surface area contributed by atoms with E-state index >= 15 is 0 Å². The predicted molar refractivity (Wildman–Crippen MR) is 62.3 cm³/mol. The number of aliphatic hydroxyl groups excluding tert-OH is 2. The summed E-state index contributed by atoms with van der Waals surface area (Å²) >= 11 is 0. The molecule has 0 aromatic rings. The molecule has 15 heavy (non-hydrogen) atoms. The van der Waals surface area contributed by atoms with Gasteiger partial charge in [0.15, 0.2) is 0 Å². The normalized spacial score (nSPS) is 12.0. The van der Waals surface area contributed by atoms with Crippen molar-refractivity contribution < 1.29 is 19.4 Å². The van der Waals surface area contributed by atoms with E-state index in [1.807, 2.05) is 0 Å². The predicted octanol–water partition coefficient (Wildman–Crippen LogP) is 0.919. The zero-order valence-corrected chi connectivity index (χ0v) is 10.9. The molecule has 0 saturated heterocycles. The molecule has 0 radical (unpaired) electrons. The van der Waals surface area contributed by atoms with Crippen LogP contribution in [0.3, 0.4) is 0 Å². The van der Waals surface area contributed by atoms with Crippen LogP contribution in [0.1, 0.15) is 19.3 Å². The molecular weight excluding hydrogens is 212 g/mol. The Morgan fingerprint density at radius 3 is 2.20 bits per heavy atom. The van der Waals surface area contributed by atoms with Crippen LogP contribution in [0, 0.1) is 0 Å². The Morgan fingerprint density at radius 1 is 0.933 bits per heavy atom. The van der Waals surface area contributed by atoms with Crippen LogP contribution in [-0.2, 0) is 9.16 Å². The molecule has 0 aliphatic rings. The highest BCUT2D eigenvalue weighted by atomic mass is 28.4. The Morgan fingerprint density at radius 2 is 1.60 bits per heavy atom. The van der Waals surface area contributed by atoms with Gasteiger partial charge in [-0.25, -0.2) is 0 Å². The maximum atomic E-state index is 8.60. The van der Waals surface area contributed by atoms with Gasteiger partial charge in [0.05, 0.1) is 6.23 Å². The fourth-order valence-electron chi connectivity index (χ4n) is 1.09. The fourth-order valence-corrected chi connectivity index (χ4v) is 2.50. The average Bonchev–Trinajstić information content (AvgIpc) is 2.20. The smallest absolute Gasteiger partial charge is 0.211 e. The van der Waals surface area contributed by atoms with Gasteiger partial charge in [-0.05, 0) is 32.4 Å². The zero-order valence-electron chi connectivity index (χ0n) is 9.87. The van der Waals surface area contributed by atoms with E-state index in [0.717, 1.165) is 12.8 Å². The van der Waals surface area contributed by atoms with Crippen LogP contribution in [0.25, 0.3) is 0 Å². The monoisotopic (exact) mass is 236 g/mol. The van der Waals surface area contributed by atoms with E-state index in [9.17, 15) is 0 Å². The third-order valence-electron chi connectivity index (χ3n) is 1.94. The van der Waals surface area contributed by atoms with Crippen molar-refractivity contribution in [1.82, 2.24) is 0 Å². The summed E-state index contributed by atoms with van der Waals surface area (Å²) in [6.45, 7) is 5.96. The molecule has 0 aliphatic carbocycles. The van der Waals surface area contributed by atoms with E-state index in [-0.39, 0.29) is 13.2 Å². The van der Waals surface area contributed by atoms with Crippen molar-refractivity contribution in [2.45, 2.75) is 32.4 Å². The Balaban J connectivity index is 3.40. The lowest BCUT2D eigenvalue weighted by atomic mass is 10.3. The van der Waals surface area contributed by atoms with E-state index in [0.29, 0.717) is 25.9 Å². The fraction of sp³-hybridized carbons (Fsp3) is 1.00. The summed E-state index contributed by atoms with van der Waals surface area (Å²) < 4.78 is 11.2. The molecule has 2 N–H and O–H groups in total. The van der Waals surface area contributed by atoms with Crippen LogP contribution in [0.15, 0.2) is 0 Å². The maximum absolute atomic E-state index is 8.60. The summed E-state index contributed by atoms with van der Waals surface area (Å²) in [7, 11) is -1.69. The number of unbranched alkanes of at least 4 members (excludes halogenated alkanes) is 1. The molecule has 0 fully saturated rings. The first-order valence-corrected chi connectivity index (χ1v) is 8.67. The molecule has 0 bridgehead atoms. The molecule has 0 heterocycles. The second-order valence-corrected chi connectivity index (χ2v) is 8.27. The highest BCUT2D eigenvalue weighted by molar-refractivity contribution is 6.71. The maximum Gasteiger partial charge on any atom is 0.211 e. The van der Waals surface area contributed by atoms with Crippen molar-refractivity contribution in [3.8, 4) is 0 Å². The lowest BCUT2D eigenvalue weighted by Crippen LogP contribution is -2.37. The van der Waals surface area contributed by atoms with E-state index < -0.39 is 8.32 Å². The summed E-state index contributed by atoms with van der Waals surface area (Å²) in [5, 5.41) is 17.2. The SMILES string of the molecule is C[Si](C)(COCCCO)OCCCCO. The molecule has 92 valence electrons. The summed E-state index contributed by atoms with van der Waals surface area (Å²) in [6.07, 6.45) is 3.07. The van der Waals surface area contributed by atoms with Gasteiger partial charge in [0.1, 0.15) is 0 Å². The van der Waals surface area contributed by atoms with Gasteiger partial charge in [-0.3, -0.25) is 0 Å². The minimum atomic E-state index is -1.69. The molecule has 0 unspecified atom stereocenters. The standard InChI is InChI=1S/C10H24O4Si/c1-15(2,10-13-8-5-7-12)14-9-4-3-6-11/h11-12H,3-10H2,1-2H3. The number of hydrogen-bond donors (Lipinski definition) is 2. The first-order valence-electron chi connectivity index (χ1n) is 5.56. The van der Waals surface area contributed by atoms with Crippen LogP contribution in [0.2, 0.25) is 13.1 Å². The van der Waals surface area contributed by atoms with Crippen molar-refractivity contribution in [2.24, 2.45) is 0 Å². The molecular formula is C10H24O4Si. The molecule has 0 spiro atoms. The number of rotatable bonds is 10. The lowest BCUT2D eigenvalue weighted by Gasteiger charge is -2.22. The van der Waals surface area contributed by atoms with Crippen molar-refractivity contribution in [2.75, 3.05) is 32.7 Å². The summed E-state index contributed by atoms with van der Waals surface area (Å²) in [4.78, 5) is 0. The first-order chi connectivity index (χ1) is 7.12. The van der Waals surface area contributed by atoms with Crippen LogP contribution < -0.4 is 0 Å². The Bertz CT molecular complexity index is 127. The van der Waals surface area contributed by atoms with Crippen LogP contribution in [-0.4, -0.2) is 51.2 Å². The third-order valence-corrected chi connectivity index (χ3v) is 3.83. The molecule has 4 nitrogen and oxygen atoms in total. The molecule has 0 aliphatic heterocycles. The zero-order chi connectivity index (χ0) is 11.6. The van der Waals surface area contributed by atoms with Gasteiger partial charge in [0.25, 0.3) is 0 Å². The second kappa shape index (κ2) is 9.29. The second-order valence-electron chi connectivity index (χ2n) is 4.17. The van der Waals surface area contributed by atoms with Crippen LogP contribution in [0.4, 0.5) is 0 Å². The number of aliphatic hydroxyl groups is 2. The van der Waals surface area contributed by atoms with Gasteiger partial charge in [0, 0.05) is 26.4 Å². The van der Waals surface area contributed by atoms with E-state index in [2.05, 4.69) is 13.1 Å². The van der Waals surface area contributed by atoms with Gasteiger partial charge in [-0.15, -0.1) is 0 Å². The van der Waals surface area contributed by atoms with Gasteiger partial charge in [-0.1, -0.05) is 0 Å². The highest BCUT2D eigenvalue weighted by Gasteiger charge is 2.22. The summed E-state index contributed by atoms with van der Waals surface area (Å²) in [5.74, 6) is 0. The van der Waals surface area contributed by atoms with Crippen LogP contribution in [0.5, 0.6) is 0 Å². The molecule has 0 rings (SSSR count). The Hall–Kier alpha value is 0.0569. The van der Waals surface area contributed by atoms with Crippen molar-refractivity contribution >= 4 is 8.32 Å². The number of hydrogen-bond acceptors (Lipinski definition) is 4. The molecule has 0 amide bonds. The minimum absolute atomic E-state index is 0.180. The van der Waals surface area contributed by atoms with Gasteiger partial charge >= 0.3 is 0 Å². The summed E-state index contributed by atoms with van der Waals surface area (Å²) in [6, 6.07) is 0.